The summed E-state index contributed by atoms with van der Waals surface area (Å²) in [5, 5.41) is 0. The number of hydrogen-bond acceptors (Lipinski definition) is 1. The van der Waals surface area contributed by atoms with Crippen molar-refractivity contribution >= 4 is 31.9 Å². The molecule has 70 valence electrons. The lowest BCUT2D eigenvalue weighted by molar-refractivity contribution is 1.31. The first-order chi connectivity index (χ1) is 6.75. The van der Waals surface area contributed by atoms with Crippen molar-refractivity contribution in [2.24, 2.45) is 0 Å². The number of hydrogen-bond donors (Lipinski definition) is 0. The van der Waals surface area contributed by atoms with E-state index in [4.69, 9.17) is 0 Å². The summed E-state index contributed by atoms with van der Waals surface area (Å²) in [4.78, 5) is 4.32. The van der Waals surface area contributed by atoms with E-state index in [2.05, 4.69) is 42.9 Å². The molecular weight excluding hydrogens is 306 g/mol. The van der Waals surface area contributed by atoms with Crippen molar-refractivity contribution in [2.45, 2.75) is 0 Å². The van der Waals surface area contributed by atoms with Crippen LogP contribution in [0.1, 0.15) is 0 Å². The lowest BCUT2D eigenvalue weighted by Crippen LogP contribution is -1.82. The van der Waals surface area contributed by atoms with Gasteiger partial charge in [-0.3, -0.25) is 4.98 Å². The Kier molecular flexibility index (Phi) is 2.99. The molecule has 1 aromatic carbocycles. The highest BCUT2D eigenvalue weighted by atomic mass is 79.9. The van der Waals surface area contributed by atoms with E-state index in [-0.39, 0.29) is 0 Å². The second kappa shape index (κ2) is 4.24. The van der Waals surface area contributed by atoms with Crippen LogP contribution in [0.2, 0.25) is 0 Å². The van der Waals surface area contributed by atoms with E-state index in [0.29, 0.717) is 0 Å². The van der Waals surface area contributed by atoms with Gasteiger partial charge in [0.25, 0.3) is 0 Å². The molecule has 0 amide bonds. The van der Waals surface area contributed by atoms with Crippen molar-refractivity contribution in [2.75, 3.05) is 0 Å². The summed E-state index contributed by atoms with van der Waals surface area (Å²) >= 11 is 6.80. The standard InChI is InChI=1S/C11H7Br2N/c12-9-3-1-2-8(6-9)11-5-4-10(13)7-14-11/h1-7H. The SMILES string of the molecule is Brc1ccc(-c2cccc(Br)c2)nc1. The van der Waals surface area contributed by atoms with Gasteiger partial charge in [0.15, 0.2) is 0 Å². The Hall–Kier alpha value is -0.670. The Morgan fingerprint density at radius 3 is 2.43 bits per heavy atom. The minimum atomic E-state index is 0.981. The van der Waals surface area contributed by atoms with Gasteiger partial charge < -0.3 is 0 Å². The summed E-state index contributed by atoms with van der Waals surface area (Å²) in [5.41, 5.74) is 2.10. The van der Waals surface area contributed by atoms with Crippen molar-refractivity contribution in [1.29, 1.82) is 0 Å². The highest BCUT2D eigenvalue weighted by molar-refractivity contribution is 9.10. The number of rotatable bonds is 1. The number of pyridine rings is 1. The molecule has 0 fully saturated rings. The predicted octanol–water partition coefficient (Wildman–Crippen LogP) is 4.27. The highest BCUT2D eigenvalue weighted by Gasteiger charge is 1.98. The van der Waals surface area contributed by atoms with E-state index in [9.17, 15) is 0 Å². The average Bonchev–Trinajstić information content (AvgIpc) is 2.19. The van der Waals surface area contributed by atoms with Crippen LogP contribution in [0.4, 0.5) is 0 Å². The molecule has 0 spiro atoms. The fraction of sp³-hybridized carbons (Fsp3) is 0. The summed E-state index contributed by atoms with van der Waals surface area (Å²) in [6.45, 7) is 0. The first-order valence-corrected chi connectivity index (χ1v) is 5.72. The summed E-state index contributed by atoms with van der Waals surface area (Å²) in [6.07, 6.45) is 1.80. The van der Waals surface area contributed by atoms with Gasteiger partial charge in [-0.05, 0) is 40.2 Å². The smallest absolute Gasteiger partial charge is 0.0703 e. The van der Waals surface area contributed by atoms with Crippen molar-refractivity contribution < 1.29 is 0 Å². The number of nitrogens with zero attached hydrogens (tertiary/aromatic N) is 1. The first-order valence-electron chi connectivity index (χ1n) is 4.13. The van der Waals surface area contributed by atoms with Gasteiger partial charge in [-0.2, -0.15) is 0 Å². The van der Waals surface area contributed by atoms with E-state index in [1.165, 1.54) is 0 Å². The maximum atomic E-state index is 4.32. The summed E-state index contributed by atoms with van der Waals surface area (Å²) in [7, 11) is 0. The fourth-order valence-corrected chi connectivity index (χ4v) is 1.83. The predicted molar refractivity (Wildman–Crippen MR) is 65.1 cm³/mol. The summed E-state index contributed by atoms with van der Waals surface area (Å²) in [6, 6.07) is 12.1. The zero-order valence-electron chi connectivity index (χ0n) is 7.24. The maximum Gasteiger partial charge on any atom is 0.0703 e. The van der Waals surface area contributed by atoms with Crippen LogP contribution in [0, 0.1) is 0 Å². The van der Waals surface area contributed by atoms with Gasteiger partial charge in [-0.15, -0.1) is 0 Å². The lowest BCUT2D eigenvalue weighted by Gasteiger charge is -2.00. The van der Waals surface area contributed by atoms with Crippen molar-refractivity contribution in [3.05, 3.63) is 51.5 Å². The average molecular weight is 313 g/mol. The summed E-state index contributed by atoms with van der Waals surface area (Å²) in [5.74, 6) is 0. The van der Waals surface area contributed by atoms with E-state index >= 15 is 0 Å². The second-order valence-corrected chi connectivity index (χ2v) is 4.70. The Morgan fingerprint density at radius 1 is 0.929 bits per heavy atom. The molecule has 0 N–H and O–H groups in total. The molecule has 1 aromatic heterocycles. The van der Waals surface area contributed by atoms with Gasteiger partial charge in [0.2, 0.25) is 0 Å². The van der Waals surface area contributed by atoms with Gasteiger partial charge in [-0.25, -0.2) is 0 Å². The Bertz CT molecular complexity index is 437. The molecule has 0 atom stereocenters. The fourth-order valence-electron chi connectivity index (χ4n) is 1.19. The van der Waals surface area contributed by atoms with Crippen molar-refractivity contribution in [3.8, 4) is 11.3 Å². The van der Waals surface area contributed by atoms with Crippen LogP contribution in [0.5, 0.6) is 0 Å². The third kappa shape index (κ3) is 2.22. The maximum absolute atomic E-state index is 4.32. The largest absolute Gasteiger partial charge is 0.255 e. The van der Waals surface area contributed by atoms with Crippen LogP contribution < -0.4 is 0 Å². The molecular formula is C11H7Br2N. The van der Waals surface area contributed by atoms with Crippen LogP contribution in [0.3, 0.4) is 0 Å². The zero-order valence-corrected chi connectivity index (χ0v) is 10.4. The molecule has 1 nitrogen and oxygen atoms in total. The van der Waals surface area contributed by atoms with Crippen molar-refractivity contribution in [3.63, 3.8) is 0 Å². The number of benzene rings is 1. The molecule has 0 bridgehead atoms. The number of aromatic nitrogens is 1. The molecule has 2 aromatic rings. The Labute approximate surface area is 99.4 Å². The van der Waals surface area contributed by atoms with E-state index < -0.39 is 0 Å². The normalized spacial score (nSPS) is 10.1. The molecule has 0 radical (unpaired) electrons. The van der Waals surface area contributed by atoms with Gasteiger partial charge in [0.05, 0.1) is 5.69 Å². The molecule has 1 heterocycles. The van der Waals surface area contributed by atoms with Gasteiger partial charge in [-0.1, -0.05) is 28.1 Å². The highest BCUT2D eigenvalue weighted by Crippen LogP contribution is 2.21. The van der Waals surface area contributed by atoms with Gasteiger partial charge >= 0.3 is 0 Å². The van der Waals surface area contributed by atoms with Gasteiger partial charge in [0.1, 0.15) is 0 Å². The molecule has 0 aliphatic rings. The minimum absolute atomic E-state index is 0.981. The third-order valence-electron chi connectivity index (χ3n) is 1.85. The molecule has 0 saturated heterocycles. The first kappa shape index (κ1) is 9.87. The quantitative estimate of drug-likeness (QED) is 0.766. The Balaban J connectivity index is 2.44. The van der Waals surface area contributed by atoms with Crippen LogP contribution in [-0.2, 0) is 0 Å². The van der Waals surface area contributed by atoms with E-state index in [0.717, 1.165) is 20.2 Å². The van der Waals surface area contributed by atoms with Crippen LogP contribution >= 0.6 is 31.9 Å². The van der Waals surface area contributed by atoms with Crippen LogP contribution in [0.15, 0.2) is 51.5 Å². The lowest BCUT2D eigenvalue weighted by atomic mass is 10.1. The van der Waals surface area contributed by atoms with Crippen LogP contribution in [0.25, 0.3) is 11.3 Å². The van der Waals surface area contributed by atoms with Gasteiger partial charge in [0, 0.05) is 20.7 Å². The topological polar surface area (TPSA) is 12.9 Å². The monoisotopic (exact) mass is 311 g/mol. The zero-order chi connectivity index (χ0) is 9.97. The second-order valence-electron chi connectivity index (χ2n) is 2.87. The summed E-state index contributed by atoms with van der Waals surface area (Å²) < 4.78 is 2.07. The van der Waals surface area contributed by atoms with Crippen LogP contribution in [-0.4, -0.2) is 4.98 Å². The molecule has 2 rings (SSSR count). The molecule has 0 saturated carbocycles. The molecule has 14 heavy (non-hydrogen) atoms. The third-order valence-corrected chi connectivity index (χ3v) is 2.81. The van der Waals surface area contributed by atoms with E-state index in [1.807, 2.05) is 30.3 Å². The Morgan fingerprint density at radius 2 is 1.79 bits per heavy atom. The van der Waals surface area contributed by atoms with E-state index in [1.54, 1.807) is 6.20 Å². The molecule has 0 aliphatic carbocycles. The molecule has 3 heteroatoms. The number of halogens is 2. The molecule has 0 aliphatic heterocycles. The minimum Gasteiger partial charge on any atom is -0.255 e. The molecule has 0 unspecified atom stereocenters. The van der Waals surface area contributed by atoms with Crippen molar-refractivity contribution in [1.82, 2.24) is 4.98 Å².